The van der Waals surface area contributed by atoms with E-state index in [-0.39, 0.29) is 0 Å². The average molecular weight is 286 g/mol. The van der Waals surface area contributed by atoms with Crippen molar-refractivity contribution in [3.8, 4) is 11.5 Å². The minimum Gasteiger partial charge on any atom is -0.454 e. The normalized spacial score (nSPS) is 34.0. The number of piperidine rings is 2. The predicted molar refractivity (Wildman–Crippen MR) is 79.7 cm³/mol. The van der Waals surface area contributed by atoms with Crippen molar-refractivity contribution in [2.45, 2.75) is 37.8 Å². The number of fused-ring (bicyclic) bond motifs is 6. The first-order chi connectivity index (χ1) is 10.4. The quantitative estimate of drug-likeness (QED) is 0.792. The van der Waals surface area contributed by atoms with E-state index in [1.807, 2.05) is 0 Å². The Morgan fingerprint density at radius 2 is 2.24 bits per heavy atom. The van der Waals surface area contributed by atoms with Gasteiger partial charge in [0.1, 0.15) is 0 Å². The molecule has 0 unspecified atom stereocenters. The Hall–Kier alpha value is -1.26. The van der Waals surface area contributed by atoms with Gasteiger partial charge in [0, 0.05) is 30.7 Å². The molecule has 0 saturated carbocycles. The molecule has 0 amide bonds. The van der Waals surface area contributed by atoms with E-state index < -0.39 is 0 Å². The van der Waals surface area contributed by atoms with E-state index in [0.29, 0.717) is 18.9 Å². The van der Waals surface area contributed by atoms with Crippen molar-refractivity contribution in [2.24, 2.45) is 5.92 Å². The van der Waals surface area contributed by atoms with Gasteiger partial charge in [0.15, 0.2) is 11.5 Å². The molecule has 1 aromatic rings. The molecule has 2 fully saturated rings. The van der Waals surface area contributed by atoms with Crippen molar-refractivity contribution in [2.75, 3.05) is 26.4 Å². The molecule has 4 heteroatoms. The molecule has 4 heterocycles. The first-order valence-corrected chi connectivity index (χ1v) is 8.29. The summed E-state index contributed by atoms with van der Waals surface area (Å²) in [4.78, 5) is 2.69. The third kappa shape index (κ3) is 1.82. The number of rotatable bonds is 0. The predicted octanol–water partition coefficient (Wildman–Crippen LogP) is 2.09. The molecule has 4 nitrogen and oxygen atoms in total. The van der Waals surface area contributed by atoms with Crippen LogP contribution in [0.1, 0.15) is 36.4 Å². The van der Waals surface area contributed by atoms with Crippen LogP contribution in [0.25, 0.3) is 0 Å². The van der Waals surface area contributed by atoms with Crippen molar-refractivity contribution in [1.29, 1.82) is 0 Å². The SMILES string of the molecule is c1cc2c(c3c1CCN1C[C@H]4CCCN[C@H]4C[C@@H]31)OCO2. The molecule has 21 heavy (non-hydrogen) atoms. The van der Waals surface area contributed by atoms with E-state index in [1.54, 1.807) is 0 Å². The lowest BCUT2D eigenvalue weighted by molar-refractivity contribution is 0.0534. The number of ether oxygens (including phenoxy) is 2. The van der Waals surface area contributed by atoms with Gasteiger partial charge in [-0.2, -0.15) is 0 Å². The highest BCUT2D eigenvalue weighted by Gasteiger charge is 2.41. The average Bonchev–Trinajstić information content (AvgIpc) is 3.01. The van der Waals surface area contributed by atoms with Gasteiger partial charge < -0.3 is 14.8 Å². The lowest BCUT2D eigenvalue weighted by atomic mass is 9.77. The summed E-state index contributed by atoms with van der Waals surface area (Å²) in [5.74, 6) is 2.80. The van der Waals surface area contributed by atoms with E-state index in [4.69, 9.17) is 9.47 Å². The van der Waals surface area contributed by atoms with Gasteiger partial charge in [-0.15, -0.1) is 0 Å². The number of hydrogen-bond donors (Lipinski definition) is 1. The first-order valence-electron chi connectivity index (χ1n) is 8.29. The fourth-order valence-electron chi connectivity index (χ4n) is 4.76. The van der Waals surface area contributed by atoms with Gasteiger partial charge in [-0.05, 0) is 49.8 Å². The van der Waals surface area contributed by atoms with Crippen LogP contribution in [-0.2, 0) is 6.42 Å². The summed E-state index contributed by atoms with van der Waals surface area (Å²) in [6.45, 7) is 4.00. The monoisotopic (exact) mass is 286 g/mol. The third-order valence-corrected chi connectivity index (χ3v) is 5.78. The molecule has 0 aromatic heterocycles. The van der Waals surface area contributed by atoms with E-state index in [1.165, 1.54) is 50.0 Å². The van der Waals surface area contributed by atoms with Crippen LogP contribution in [0.2, 0.25) is 0 Å². The number of nitrogens with one attached hydrogen (secondary N) is 1. The summed E-state index contributed by atoms with van der Waals surface area (Å²) in [7, 11) is 0. The zero-order valence-electron chi connectivity index (χ0n) is 12.3. The molecule has 0 radical (unpaired) electrons. The van der Waals surface area contributed by atoms with Gasteiger partial charge >= 0.3 is 0 Å². The molecule has 0 aliphatic carbocycles. The Morgan fingerprint density at radius 1 is 1.24 bits per heavy atom. The fraction of sp³-hybridized carbons (Fsp3) is 0.647. The Balaban J connectivity index is 1.55. The highest BCUT2D eigenvalue weighted by Crippen LogP contribution is 2.48. The lowest BCUT2D eigenvalue weighted by Crippen LogP contribution is -2.54. The molecule has 5 rings (SSSR count). The molecule has 0 bridgehead atoms. The molecular formula is C17H22N2O2. The maximum atomic E-state index is 5.81. The number of benzene rings is 1. The molecular weight excluding hydrogens is 264 g/mol. The molecule has 1 N–H and O–H groups in total. The van der Waals surface area contributed by atoms with Crippen LogP contribution in [0.15, 0.2) is 12.1 Å². The van der Waals surface area contributed by atoms with Crippen LogP contribution in [0.3, 0.4) is 0 Å². The van der Waals surface area contributed by atoms with Crippen molar-refractivity contribution < 1.29 is 9.47 Å². The smallest absolute Gasteiger partial charge is 0.231 e. The number of nitrogens with zero attached hydrogens (tertiary/aromatic N) is 1. The minimum atomic E-state index is 0.378. The van der Waals surface area contributed by atoms with Gasteiger partial charge in [0.2, 0.25) is 6.79 Å². The Bertz CT molecular complexity index is 574. The van der Waals surface area contributed by atoms with Gasteiger partial charge in [-0.3, -0.25) is 4.90 Å². The maximum Gasteiger partial charge on any atom is 0.231 e. The highest BCUT2D eigenvalue weighted by atomic mass is 16.7. The number of hydrogen-bond acceptors (Lipinski definition) is 4. The van der Waals surface area contributed by atoms with Crippen LogP contribution in [0.5, 0.6) is 11.5 Å². The Morgan fingerprint density at radius 3 is 3.24 bits per heavy atom. The van der Waals surface area contributed by atoms with Crippen molar-refractivity contribution in [3.63, 3.8) is 0 Å². The van der Waals surface area contributed by atoms with Crippen LogP contribution in [0.4, 0.5) is 0 Å². The van der Waals surface area contributed by atoms with Gasteiger partial charge in [0.05, 0.1) is 0 Å². The van der Waals surface area contributed by atoms with Gasteiger partial charge in [-0.25, -0.2) is 0 Å². The largest absolute Gasteiger partial charge is 0.454 e. The standard InChI is InChI=1S/C17H22N2O2/c1-2-12-9-19-7-5-11-3-4-15-17(21-10-20-15)16(11)14(19)8-13(12)18-6-1/h3-4,12-14,18H,1-2,5-10H2/t12-,13+,14+/m1/s1. The van der Waals surface area contributed by atoms with Crippen molar-refractivity contribution >= 4 is 0 Å². The fourth-order valence-corrected chi connectivity index (χ4v) is 4.76. The summed E-state index contributed by atoms with van der Waals surface area (Å²) in [5.41, 5.74) is 2.89. The molecule has 0 spiro atoms. The minimum absolute atomic E-state index is 0.378. The van der Waals surface area contributed by atoms with E-state index in [9.17, 15) is 0 Å². The zero-order chi connectivity index (χ0) is 13.8. The molecule has 3 atom stereocenters. The summed E-state index contributed by atoms with van der Waals surface area (Å²) < 4.78 is 11.4. The van der Waals surface area contributed by atoms with Crippen LogP contribution >= 0.6 is 0 Å². The molecule has 112 valence electrons. The Kier molecular flexibility index (Phi) is 2.70. The lowest BCUT2D eigenvalue weighted by Gasteiger charge is -2.49. The second-order valence-corrected chi connectivity index (χ2v) is 6.83. The Labute approximate surface area is 125 Å². The van der Waals surface area contributed by atoms with Crippen molar-refractivity contribution in [1.82, 2.24) is 10.2 Å². The topological polar surface area (TPSA) is 33.7 Å². The first kappa shape index (κ1) is 12.3. The van der Waals surface area contributed by atoms with Crippen LogP contribution < -0.4 is 14.8 Å². The van der Waals surface area contributed by atoms with E-state index in [0.717, 1.165) is 23.8 Å². The molecule has 2 saturated heterocycles. The zero-order valence-corrected chi connectivity index (χ0v) is 12.3. The third-order valence-electron chi connectivity index (χ3n) is 5.78. The summed E-state index contributed by atoms with van der Waals surface area (Å²) >= 11 is 0. The second kappa shape index (κ2) is 4.62. The van der Waals surface area contributed by atoms with E-state index in [2.05, 4.69) is 22.3 Å². The highest BCUT2D eigenvalue weighted by molar-refractivity contribution is 5.54. The molecule has 4 aliphatic heterocycles. The molecule has 1 aromatic carbocycles. The van der Waals surface area contributed by atoms with Crippen LogP contribution in [-0.4, -0.2) is 37.4 Å². The maximum absolute atomic E-state index is 5.81. The second-order valence-electron chi connectivity index (χ2n) is 6.83. The summed E-state index contributed by atoms with van der Waals surface area (Å²) in [6, 6.07) is 5.53. The van der Waals surface area contributed by atoms with Gasteiger partial charge in [0.25, 0.3) is 0 Å². The van der Waals surface area contributed by atoms with E-state index >= 15 is 0 Å². The van der Waals surface area contributed by atoms with Crippen LogP contribution in [0, 0.1) is 5.92 Å². The van der Waals surface area contributed by atoms with Crippen molar-refractivity contribution in [3.05, 3.63) is 23.3 Å². The summed E-state index contributed by atoms with van der Waals surface area (Å²) in [5, 5.41) is 3.75. The van der Waals surface area contributed by atoms with Gasteiger partial charge in [-0.1, -0.05) is 6.07 Å². The summed E-state index contributed by atoms with van der Waals surface area (Å²) in [6.07, 6.45) is 5.09. The molecule has 4 aliphatic rings.